The number of nitrogens with zero attached hydrogens (tertiary/aromatic N) is 3. The largest absolute Gasteiger partial charge is 0.361 e. The Morgan fingerprint density at radius 2 is 2.21 bits per heavy atom. The maximum absolute atomic E-state index is 13.2. The summed E-state index contributed by atoms with van der Waals surface area (Å²) in [5.74, 6) is 0.569. The number of rotatable bonds is 4. The molecule has 1 amide bonds. The third kappa shape index (κ3) is 3.64. The molecule has 0 bridgehead atoms. The van der Waals surface area contributed by atoms with Gasteiger partial charge in [0.05, 0.1) is 17.9 Å². The van der Waals surface area contributed by atoms with Gasteiger partial charge < -0.3 is 14.7 Å². The molecule has 3 rings (SSSR count). The minimum absolute atomic E-state index is 0.0104. The highest BCUT2D eigenvalue weighted by Crippen LogP contribution is 2.22. The zero-order chi connectivity index (χ0) is 16.9. The highest BCUT2D eigenvalue weighted by Gasteiger charge is 2.29. The van der Waals surface area contributed by atoms with E-state index in [0.29, 0.717) is 23.6 Å². The van der Waals surface area contributed by atoms with Crippen LogP contribution < -0.4 is 5.32 Å². The molecule has 1 aliphatic heterocycles. The molecule has 0 aromatic carbocycles. The van der Waals surface area contributed by atoms with Gasteiger partial charge in [-0.25, -0.2) is 0 Å². The molecule has 6 nitrogen and oxygen atoms in total. The lowest BCUT2D eigenvalue weighted by atomic mass is 10.0. The second kappa shape index (κ2) is 7.57. The normalized spacial score (nSPS) is 18.2. The number of aromatic nitrogens is 2. The highest BCUT2D eigenvalue weighted by atomic mass is 16.5. The zero-order valence-corrected chi connectivity index (χ0v) is 14.3. The third-order valence-electron chi connectivity index (χ3n) is 4.55. The van der Waals surface area contributed by atoms with Crippen LogP contribution in [0.5, 0.6) is 0 Å². The Labute approximate surface area is 142 Å². The third-order valence-corrected chi connectivity index (χ3v) is 4.55. The van der Waals surface area contributed by atoms with Crippen molar-refractivity contribution in [3.63, 3.8) is 0 Å². The van der Waals surface area contributed by atoms with Crippen molar-refractivity contribution in [2.75, 3.05) is 13.1 Å². The molecule has 2 aromatic rings. The Balaban J connectivity index is 1.90. The maximum atomic E-state index is 13.2. The van der Waals surface area contributed by atoms with E-state index in [0.717, 1.165) is 38.0 Å². The first-order valence-electron chi connectivity index (χ1n) is 8.51. The topological polar surface area (TPSA) is 71.3 Å². The summed E-state index contributed by atoms with van der Waals surface area (Å²) < 4.78 is 5.20. The number of amides is 1. The number of carbonyl (C=O) groups excluding carboxylic acids is 1. The van der Waals surface area contributed by atoms with Gasteiger partial charge in [-0.2, -0.15) is 0 Å². The molecule has 24 heavy (non-hydrogen) atoms. The molecule has 1 fully saturated rings. The summed E-state index contributed by atoms with van der Waals surface area (Å²) in [6.45, 7) is 6.05. The fourth-order valence-corrected chi connectivity index (χ4v) is 3.28. The molecule has 2 aromatic heterocycles. The predicted octanol–water partition coefficient (Wildman–Crippen LogP) is 2.47. The Morgan fingerprint density at radius 1 is 1.33 bits per heavy atom. The SMILES string of the molecule is Cc1noc(C)c1C(=O)N(Cc1ccccn1)C1CCCNCC1. The van der Waals surface area contributed by atoms with E-state index in [4.69, 9.17) is 4.52 Å². The average Bonchev–Trinajstić information content (AvgIpc) is 2.80. The minimum atomic E-state index is -0.0104. The van der Waals surface area contributed by atoms with Crippen molar-refractivity contribution in [3.05, 3.63) is 47.1 Å². The second-order valence-corrected chi connectivity index (χ2v) is 6.29. The van der Waals surface area contributed by atoms with E-state index >= 15 is 0 Å². The molecule has 1 atom stereocenters. The summed E-state index contributed by atoms with van der Waals surface area (Å²) in [6.07, 6.45) is 4.78. The number of hydrogen-bond donors (Lipinski definition) is 1. The fraction of sp³-hybridized carbons (Fsp3) is 0.500. The Bertz CT molecular complexity index is 656. The molecule has 0 aliphatic carbocycles. The van der Waals surface area contributed by atoms with Gasteiger partial charge in [-0.05, 0) is 58.3 Å². The molecular formula is C18H24N4O2. The van der Waals surface area contributed by atoms with Crippen LogP contribution in [0.2, 0.25) is 0 Å². The van der Waals surface area contributed by atoms with E-state index in [2.05, 4.69) is 15.5 Å². The molecule has 1 unspecified atom stereocenters. The lowest BCUT2D eigenvalue weighted by molar-refractivity contribution is 0.0640. The monoisotopic (exact) mass is 328 g/mol. The second-order valence-electron chi connectivity index (χ2n) is 6.29. The van der Waals surface area contributed by atoms with E-state index in [1.54, 1.807) is 13.1 Å². The molecule has 6 heteroatoms. The van der Waals surface area contributed by atoms with Crippen molar-refractivity contribution in [1.82, 2.24) is 20.4 Å². The first-order chi connectivity index (χ1) is 11.7. The molecule has 0 radical (unpaired) electrons. The van der Waals surface area contributed by atoms with Gasteiger partial charge >= 0.3 is 0 Å². The molecule has 128 valence electrons. The molecular weight excluding hydrogens is 304 g/mol. The van der Waals surface area contributed by atoms with Crippen LogP contribution in [-0.4, -0.2) is 40.1 Å². The standard InChI is InChI=1S/C18H24N4O2/c1-13-17(14(2)24-21-13)18(23)22(12-15-6-3-4-10-20-15)16-7-5-9-19-11-8-16/h3-4,6,10,16,19H,5,7-9,11-12H2,1-2H3. The summed E-state index contributed by atoms with van der Waals surface area (Å²) in [5, 5.41) is 7.35. The van der Waals surface area contributed by atoms with Gasteiger partial charge in [0, 0.05) is 12.2 Å². The van der Waals surface area contributed by atoms with Crippen molar-refractivity contribution in [2.24, 2.45) is 0 Å². The molecule has 1 saturated heterocycles. The Kier molecular flexibility index (Phi) is 5.25. The van der Waals surface area contributed by atoms with E-state index in [-0.39, 0.29) is 11.9 Å². The van der Waals surface area contributed by atoms with Crippen molar-refractivity contribution in [3.8, 4) is 0 Å². The molecule has 1 aliphatic rings. The van der Waals surface area contributed by atoms with Crippen molar-refractivity contribution in [1.29, 1.82) is 0 Å². The lowest BCUT2D eigenvalue weighted by Gasteiger charge is -2.31. The van der Waals surface area contributed by atoms with Crippen molar-refractivity contribution in [2.45, 2.75) is 45.7 Å². The van der Waals surface area contributed by atoms with Gasteiger partial charge in [0.15, 0.2) is 0 Å². The number of nitrogens with one attached hydrogen (secondary N) is 1. The van der Waals surface area contributed by atoms with Gasteiger partial charge in [0.1, 0.15) is 11.3 Å². The smallest absolute Gasteiger partial charge is 0.259 e. The number of pyridine rings is 1. The van der Waals surface area contributed by atoms with E-state index < -0.39 is 0 Å². The Hall–Kier alpha value is -2.21. The summed E-state index contributed by atoms with van der Waals surface area (Å²) in [7, 11) is 0. The van der Waals surface area contributed by atoms with E-state index in [1.165, 1.54) is 0 Å². The lowest BCUT2D eigenvalue weighted by Crippen LogP contribution is -2.41. The molecule has 0 saturated carbocycles. The van der Waals surface area contributed by atoms with Gasteiger partial charge in [-0.15, -0.1) is 0 Å². The summed E-state index contributed by atoms with van der Waals surface area (Å²) in [6, 6.07) is 6.00. The molecule has 0 spiro atoms. The summed E-state index contributed by atoms with van der Waals surface area (Å²) in [4.78, 5) is 19.6. The highest BCUT2D eigenvalue weighted by molar-refractivity contribution is 5.96. The van der Waals surface area contributed by atoms with Crippen LogP contribution in [0.25, 0.3) is 0 Å². The summed E-state index contributed by atoms with van der Waals surface area (Å²) >= 11 is 0. The number of hydrogen-bond acceptors (Lipinski definition) is 5. The van der Waals surface area contributed by atoms with Crippen molar-refractivity contribution >= 4 is 5.91 Å². The first kappa shape index (κ1) is 16.6. The Morgan fingerprint density at radius 3 is 2.92 bits per heavy atom. The van der Waals surface area contributed by atoms with Gasteiger partial charge in [-0.3, -0.25) is 9.78 Å². The van der Waals surface area contributed by atoms with E-state index in [9.17, 15) is 4.79 Å². The number of aryl methyl sites for hydroxylation is 2. The van der Waals surface area contributed by atoms with Crippen LogP contribution in [0.15, 0.2) is 28.9 Å². The van der Waals surface area contributed by atoms with Crippen LogP contribution >= 0.6 is 0 Å². The maximum Gasteiger partial charge on any atom is 0.259 e. The minimum Gasteiger partial charge on any atom is -0.361 e. The quantitative estimate of drug-likeness (QED) is 0.933. The zero-order valence-electron chi connectivity index (χ0n) is 14.3. The van der Waals surface area contributed by atoms with Crippen LogP contribution in [0.3, 0.4) is 0 Å². The molecule has 3 heterocycles. The first-order valence-corrected chi connectivity index (χ1v) is 8.51. The van der Waals surface area contributed by atoms with Gasteiger partial charge in [0.25, 0.3) is 5.91 Å². The fourth-order valence-electron chi connectivity index (χ4n) is 3.28. The average molecular weight is 328 g/mol. The van der Waals surface area contributed by atoms with Gasteiger partial charge in [0.2, 0.25) is 0 Å². The summed E-state index contributed by atoms with van der Waals surface area (Å²) in [5.41, 5.74) is 2.13. The molecule has 1 N–H and O–H groups in total. The van der Waals surface area contributed by atoms with Gasteiger partial charge in [-0.1, -0.05) is 11.2 Å². The van der Waals surface area contributed by atoms with Crippen LogP contribution in [-0.2, 0) is 6.54 Å². The van der Waals surface area contributed by atoms with Crippen LogP contribution in [0.1, 0.15) is 46.8 Å². The van der Waals surface area contributed by atoms with Crippen molar-refractivity contribution < 1.29 is 9.32 Å². The van der Waals surface area contributed by atoms with Crippen LogP contribution in [0, 0.1) is 13.8 Å². The number of carbonyl (C=O) groups is 1. The predicted molar refractivity (Wildman–Crippen MR) is 90.6 cm³/mol. The van der Waals surface area contributed by atoms with Crippen LogP contribution in [0.4, 0.5) is 0 Å². The van der Waals surface area contributed by atoms with E-state index in [1.807, 2.05) is 30.0 Å².